The van der Waals surface area contributed by atoms with Crippen molar-refractivity contribution >= 4 is 23.5 Å². The topological polar surface area (TPSA) is 88.5 Å². The van der Waals surface area contributed by atoms with Gasteiger partial charge in [-0.05, 0) is 48.7 Å². The summed E-state index contributed by atoms with van der Waals surface area (Å²) in [6, 6.07) is 15.6. The fraction of sp³-hybridized carbons (Fsp3) is 0.208. The normalized spacial score (nSPS) is 11.6. The van der Waals surface area contributed by atoms with Crippen LogP contribution in [0.2, 0.25) is 5.02 Å². The van der Waals surface area contributed by atoms with Crippen molar-refractivity contribution in [2.45, 2.75) is 26.3 Å². The number of halogens is 1. The number of carboxylic acid groups (broad SMARTS) is 1. The number of carbonyl (C=O) groups is 2. The van der Waals surface area contributed by atoms with E-state index in [1.165, 1.54) is 35.5 Å². The highest BCUT2D eigenvalue weighted by molar-refractivity contribution is 6.30. The van der Waals surface area contributed by atoms with Crippen molar-refractivity contribution in [3.63, 3.8) is 0 Å². The molecule has 1 heterocycles. The first-order chi connectivity index (χ1) is 14.8. The Morgan fingerprint density at radius 2 is 1.87 bits per heavy atom. The molecule has 6 nitrogen and oxygen atoms in total. The van der Waals surface area contributed by atoms with Gasteiger partial charge in [-0.25, -0.2) is 9.78 Å². The zero-order valence-electron chi connectivity index (χ0n) is 17.3. The molecule has 2 N–H and O–H groups in total. The lowest BCUT2D eigenvalue weighted by atomic mass is 10.1. The number of rotatable bonds is 8. The zero-order chi connectivity index (χ0) is 22.4. The van der Waals surface area contributed by atoms with Crippen LogP contribution in [-0.4, -0.2) is 28.6 Å². The zero-order valence-corrected chi connectivity index (χ0v) is 18.0. The molecule has 1 atom stereocenters. The van der Waals surface area contributed by atoms with Gasteiger partial charge in [0.1, 0.15) is 5.56 Å². The van der Waals surface area contributed by atoms with E-state index in [9.17, 15) is 9.59 Å². The summed E-state index contributed by atoms with van der Waals surface area (Å²) < 4.78 is 5.81. The quantitative estimate of drug-likeness (QED) is 0.524. The molecule has 7 heteroatoms. The van der Waals surface area contributed by atoms with E-state index in [1.807, 2.05) is 38.1 Å². The van der Waals surface area contributed by atoms with Crippen molar-refractivity contribution in [3.05, 3.63) is 93.6 Å². The molecule has 0 saturated carbocycles. The highest BCUT2D eigenvalue weighted by atomic mass is 35.5. The Morgan fingerprint density at radius 1 is 1.16 bits per heavy atom. The van der Waals surface area contributed by atoms with Crippen molar-refractivity contribution in [2.75, 3.05) is 6.61 Å². The van der Waals surface area contributed by atoms with Crippen LogP contribution in [0.15, 0.2) is 60.8 Å². The number of nitrogens with one attached hydrogen (secondary N) is 1. The smallest absolute Gasteiger partial charge is 0.335 e. The molecule has 1 amide bonds. The Morgan fingerprint density at radius 3 is 2.55 bits per heavy atom. The predicted molar refractivity (Wildman–Crippen MR) is 119 cm³/mol. The van der Waals surface area contributed by atoms with Crippen LogP contribution >= 0.6 is 11.6 Å². The summed E-state index contributed by atoms with van der Waals surface area (Å²) >= 11 is 6.06. The van der Waals surface area contributed by atoms with Crippen molar-refractivity contribution < 1.29 is 19.4 Å². The Hall–Kier alpha value is -3.38. The molecule has 3 aromatic rings. The maximum Gasteiger partial charge on any atom is 0.335 e. The van der Waals surface area contributed by atoms with E-state index in [-0.39, 0.29) is 29.0 Å². The molecule has 31 heavy (non-hydrogen) atoms. The Labute approximate surface area is 185 Å². The first kappa shape index (κ1) is 22.3. The molecule has 0 radical (unpaired) electrons. The number of carboxylic acids is 1. The van der Waals surface area contributed by atoms with Gasteiger partial charge in [0, 0.05) is 12.6 Å². The largest absolute Gasteiger partial charge is 0.478 e. The molecule has 0 fully saturated rings. The van der Waals surface area contributed by atoms with E-state index in [4.69, 9.17) is 21.4 Å². The molecule has 0 aliphatic heterocycles. The van der Waals surface area contributed by atoms with Crippen molar-refractivity contribution in [1.29, 1.82) is 0 Å². The van der Waals surface area contributed by atoms with Gasteiger partial charge < -0.3 is 15.2 Å². The second-order valence-electron chi connectivity index (χ2n) is 7.15. The Kier molecular flexibility index (Phi) is 7.26. The third-order valence-corrected chi connectivity index (χ3v) is 5.15. The summed E-state index contributed by atoms with van der Waals surface area (Å²) in [5.41, 5.74) is 3.55. The maximum atomic E-state index is 12.9. The Bertz CT molecular complexity index is 1080. The average Bonchev–Trinajstić information content (AvgIpc) is 2.76. The number of aryl methyl sites for hydroxylation is 1. The van der Waals surface area contributed by atoms with Gasteiger partial charge in [-0.1, -0.05) is 48.0 Å². The summed E-state index contributed by atoms with van der Waals surface area (Å²) in [5.74, 6) is -1.17. The molecule has 1 unspecified atom stereocenters. The van der Waals surface area contributed by atoms with Gasteiger partial charge in [0.15, 0.2) is 0 Å². The average molecular weight is 439 g/mol. The number of nitrogens with zero attached hydrogens (tertiary/aromatic N) is 1. The van der Waals surface area contributed by atoms with E-state index >= 15 is 0 Å². The van der Waals surface area contributed by atoms with Crippen molar-refractivity contribution in [1.82, 2.24) is 10.3 Å². The van der Waals surface area contributed by atoms with E-state index in [0.717, 1.165) is 5.56 Å². The molecule has 0 saturated heterocycles. The monoisotopic (exact) mass is 438 g/mol. The molecule has 0 spiro atoms. The molecular formula is C24H23ClN2O4. The SMILES string of the molecule is Cc1ccccc1CCOc1ncc(Cl)cc1C(=O)NC(C)c1ccc(C(=O)O)cc1. The van der Waals surface area contributed by atoms with Crippen molar-refractivity contribution in [2.24, 2.45) is 0 Å². The summed E-state index contributed by atoms with van der Waals surface area (Å²) in [6.45, 7) is 4.22. The minimum Gasteiger partial charge on any atom is -0.478 e. The van der Waals surface area contributed by atoms with Gasteiger partial charge in [-0.3, -0.25) is 4.79 Å². The lowest BCUT2D eigenvalue weighted by Gasteiger charge is -2.16. The highest BCUT2D eigenvalue weighted by Crippen LogP contribution is 2.22. The minimum absolute atomic E-state index is 0.186. The first-order valence-electron chi connectivity index (χ1n) is 9.82. The predicted octanol–water partition coefficient (Wildman–Crippen LogP) is 4.85. The number of carbonyl (C=O) groups excluding carboxylic acids is 1. The fourth-order valence-corrected chi connectivity index (χ4v) is 3.28. The molecular weight excluding hydrogens is 416 g/mol. The highest BCUT2D eigenvalue weighted by Gasteiger charge is 2.18. The number of pyridine rings is 1. The van der Waals surface area contributed by atoms with Crippen LogP contribution in [-0.2, 0) is 6.42 Å². The summed E-state index contributed by atoms with van der Waals surface area (Å²) in [7, 11) is 0. The number of ether oxygens (including phenoxy) is 1. The number of hydrogen-bond acceptors (Lipinski definition) is 4. The number of benzene rings is 2. The standard InChI is InChI=1S/C24H23ClN2O4/c1-15-5-3-4-6-17(15)11-12-31-23-21(13-20(25)14-26-23)22(28)27-16(2)18-7-9-19(10-8-18)24(29)30/h3-10,13-14,16H,11-12H2,1-2H3,(H,27,28)(H,29,30). The second kappa shape index (κ2) is 10.1. The minimum atomic E-state index is -0.999. The van der Waals surface area contributed by atoms with E-state index in [0.29, 0.717) is 18.1 Å². The van der Waals surface area contributed by atoms with Crippen LogP contribution in [0.1, 0.15) is 50.4 Å². The number of aromatic nitrogens is 1. The molecule has 3 rings (SSSR count). The maximum absolute atomic E-state index is 12.9. The van der Waals surface area contributed by atoms with Crippen LogP contribution in [0.25, 0.3) is 0 Å². The Balaban J connectivity index is 1.69. The van der Waals surface area contributed by atoms with Gasteiger partial charge >= 0.3 is 5.97 Å². The van der Waals surface area contributed by atoms with Gasteiger partial charge in [-0.15, -0.1) is 0 Å². The third kappa shape index (κ3) is 5.83. The number of amides is 1. The third-order valence-electron chi connectivity index (χ3n) is 4.94. The lowest BCUT2D eigenvalue weighted by Crippen LogP contribution is -2.27. The molecule has 0 bridgehead atoms. The molecule has 160 valence electrons. The van der Waals surface area contributed by atoms with Gasteiger partial charge in [0.25, 0.3) is 5.91 Å². The molecule has 1 aromatic heterocycles. The van der Waals surface area contributed by atoms with Crippen LogP contribution in [0.5, 0.6) is 5.88 Å². The van der Waals surface area contributed by atoms with Gasteiger partial charge in [-0.2, -0.15) is 0 Å². The summed E-state index contributed by atoms with van der Waals surface area (Å²) in [4.78, 5) is 28.1. The van der Waals surface area contributed by atoms with Crippen LogP contribution < -0.4 is 10.1 Å². The molecule has 0 aliphatic carbocycles. The second-order valence-corrected chi connectivity index (χ2v) is 7.59. The van der Waals surface area contributed by atoms with E-state index in [1.54, 1.807) is 12.1 Å². The summed E-state index contributed by atoms with van der Waals surface area (Å²) in [5, 5.41) is 12.2. The van der Waals surface area contributed by atoms with Crippen LogP contribution in [0.4, 0.5) is 0 Å². The van der Waals surface area contributed by atoms with Crippen LogP contribution in [0, 0.1) is 6.92 Å². The molecule has 2 aromatic carbocycles. The number of hydrogen-bond donors (Lipinski definition) is 2. The van der Waals surface area contributed by atoms with Gasteiger partial charge in [0.2, 0.25) is 5.88 Å². The van der Waals surface area contributed by atoms with Gasteiger partial charge in [0.05, 0.1) is 23.2 Å². The van der Waals surface area contributed by atoms with E-state index < -0.39 is 5.97 Å². The first-order valence-corrected chi connectivity index (χ1v) is 10.2. The van der Waals surface area contributed by atoms with Crippen LogP contribution in [0.3, 0.4) is 0 Å². The summed E-state index contributed by atoms with van der Waals surface area (Å²) in [6.07, 6.45) is 2.12. The number of aromatic carboxylic acids is 1. The fourth-order valence-electron chi connectivity index (χ4n) is 3.12. The van der Waals surface area contributed by atoms with Crippen molar-refractivity contribution in [3.8, 4) is 5.88 Å². The molecule has 0 aliphatic rings. The van der Waals surface area contributed by atoms with E-state index in [2.05, 4.69) is 10.3 Å². The lowest BCUT2D eigenvalue weighted by molar-refractivity contribution is 0.0696.